The monoisotopic (exact) mass is 277 g/mol. The van der Waals surface area contributed by atoms with Crippen LogP contribution in [0.15, 0.2) is 35.2 Å². The quantitative estimate of drug-likeness (QED) is 0.857. The van der Waals surface area contributed by atoms with E-state index in [1.54, 1.807) is 18.2 Å². The second-order valence-corrected chi connectivity index (χ2v) is 4.97. The van der Waals surface area contributed by atoms with Gasteiger partial charge in [-0.3, -0.25) is 14.5 Å². The lowest BCUT2D eigenvalue weighted by atomic mass is 10.2. The number of carboxylic acid groups (broad SMARTS) is 1. The molecule has 1 atom stereocenters. The molecular formula is C13H11NO4S. The highest BCUT2D eigenvalue weighted by Crippen LogP contribution is 2.33. The van der Waals surface area contributed by atoms with Crippen LogP contribution in [0.3, 0.4) is 0 Å². The predicted octanol–water partition coefficient (Wildman–Crippen LogP) is 2.20. The Kier molecular flexibility index (Phi) is 3.71. The fourth-order valence-corrected chi connectivity index (χ4v) is 2.53. The van der Waals surface area contributed by atoms with Gasteiger partial charge in [-0.1, -0.05) is 30.3 Å². The van der Waals surface area contributed by atoms with Crippen LogP contribution in [0.1, 0.15) is 12.5 Å². The third kappa shape index (κ3) is 2.68. The summed E-state index contributed by atoms with van der Waals surface area (Å²) in [7, 11) is 0. The molecular weight excluding hydrogens is 266 g/mol. The third-order valence-corrected chi connectivity index (χ3v) is 3.55. The lowest BCUT2D eigenvalue weighted by Gasteiger charge is -2.16. The first-order valence-electron chi connectivity index (χ1n) is 5.55. The molecule has 0 aliphatic carbocycles. The zero-order valence-corrected chi connectivity index (χ0v) is 10.9. The average Bonchev–Trinajstić information content (AvgIpc) is 2.65. The molecule has 1 aliphatic rings. The third-order valence-electron chi connectivity index (χ3n) is 2.67. The van der Waals surface area contributed by atoms with E-state index in [2.05, 4.69) is 0 Å². The fourth-order valence-electron chi connectivity index (χ4n) is 1.62. The number of hydrogen-bond acceptors (Lipinski definition) is 4. The fraction of sp³-hybridized carbons (Fsp3) is 0.154. The molecule has 1 saturated heterocycles. The molecule has 2 rings (SSSR count). The minimum atomic E-state index is -1.21. The first kappa shape index (κ1) is 13.4. The van der Waals surface area contributed by atoms with Crippen molar-refractivity contribution in [2.24, 2.45) is 0 Å². The van der Waals surface area contributed by atoms with E-state index in [0.29, 0.717) is 0 Å². The van der Waals surface area contributed by atoms with E-state index in [1.165, 1.54) is 6.92 Å². The van der Waals surface area contributed by atoms with Gasteiger partial charge in [-0.15, -0.1) is 0 Å². The molecule has 0 aromatic heterocycles. The minimum Gasteiger partial charge on any atom is -0.480 e. The largest absolute Gasteiger partial charge is 0.480 e. The van der Waals surface area contributed by atoms with E-state index >= 15 is 0 Å². The Morgan fingerprint density at radius 1 is 1.32 bits per heavy atom. The SMILES string of the molecule is CC(C(=O)O)N1C(=O)SC(=Cc2ccccc2)C1=O. The number of thioether (sulfide) groups is 1. The molecule has 1 fully saturated rings. The molecule has 0 radical (unpaired) electrons. The molecule has 0 bridgehead atoms. The Morgan fingerprint density at radius 2 is 1.95 bits per heavy atom. The van der Waals surface area contributed by atoms with Crippen molar-refractivity contribution in [1.29, 1.82) is 0 Å². The van der Waals surface area contributed by atoms with Gasteiger partial charge in [0.1, 0.15) is 6.04 Å². The van der Waals surface area contributed by atoms with Gasteiger partial charge in [-0.05, 0) is 30.3 Å². The molecule has 1 aromatic rings. The Hall–Kier alpha value is -2.08. The normalized spacial score (nSPS) is 19.0. The summed E-state index contributed by atoms with van der Waals surface area (Å²) < 4.78 is 0. The Bertz CT molecular complexity index is 567. The number of carbonyl (C=O) groups excluding carboxylic acids is 2. The number of hydrogen-bond donors (Lipinski definition) is 1. The summed E-state index contributed by atoms with van der Waals surface area (Å²) in [5.74, 6) is -1.77. The van der Waals surface area contributed by atoms with Gasteiger partial charge < -0.3 is 5.11 Å². The highest BCUT2D eigenvalue weighted by atomic mass is 32.2. The van der Waals surface area contributed by atoms with Crippen LogP contribution in [0.5, 0.6) is 0 Å². The number of amides is 2. The Labute approximate surface area is 113 Å². The van der Waals surface area contributed by atoms with Crippen molar-refractivity contribution in [2.75, 3.05) is 0 Å². The summed E-state index contributed by atoms with van der Waals surface area (Å²) in [4.78, 5) is 35.6. The van der Waals surface area contributed by atoms with Crippen LogP contribution in [0.4, 0.5) is 4.79 Å². The number of imide groups is 1. The Morgan fingerprint density at radius 3 is 2.53 bits per heavy atom. The number of benzene rings is 1. The van der Waals surface area contributed by atoms with Crippen molar-refractivity contribution in [1.82, 2.24) is 4.90 Å². The van der Waals surface area contributed by atoms with Gasteiger partial charge in [0, 0.05) is 0 Å². The predicted molar refractivity (Wildman–Crippen MR) is 71.3 cm³/mol. The summed E-state index contributed by atoms with van der Waals surface area (Å²) >= 11 is 0.758. The maximum absolute atomic E-state index is 12.0. The molecule has 2 amide bonds. The second kappa shape index (κ2) is 5.27. The summed E-state index contributed by atoms with van der Waals surface area (Å²) in [6, 6.07) is 7.92. The van der Waals surface area contributed by atoms with Crippen LogP contribution in [-0.4, -0.2) is 33.2 Å². The molecule has 1 heterocycles. The lowest BCUT2D eigenvalue weighted by molar-refractivity contribution is -0.145. The van der Waals surface area contributed by atoms with Gasteiger partial charge in [-0.25, -0.2) is 4.79 Å². The van der Waals surface area contributed by atoms with Crippen molar-refractivity contribution >= 4 is 35.0 Å². The van der Waals surface area contributed by atoms with Crippen molar-refractivity contribution in [3.05, 3.63) is 40.8 Å². The number of nitrogens with zero attached hydrogens (tertiary/aromatic N) is 1. The standard InChI is InChI=1S/C13H11NO4S/c1-8(12(16)17)14-11(15)10(19-13(14)18)7-9-5-3-2-4-6-9/h2-8H,1H3,(H,16,17). The second-order valence-electron chi connectivity index (χ2n) is 3.98. The van der Waals surface area contributed by atoms with E-state index in [0.717, 1.165) is 22.2 Å². The van der Waals surface area contributed by atoms with Gasteiger partial charge in [0.2, 0.25) is 0 Å². The van der Waals surface area contributed by atoms with E-state index in [-0.39, 0.29) is 4.91 Å². The molecule has 0 spiro atoms. The van der Waals surface area contributed by atoms with Crippen molar-refractivity contribution in [2.45, 2.75) is 13.0 Å². The molecule has 1 aliphatic heterocycles. The van der Waals surface area contributed by atoms with Crippen molar-refractivity contribution < 1.29 is 19.5 Å². The first-order chi connectivity index (χ1) is 9.00. The molecule has 1 unspecified atom stereocenters. The van der Waals surface area contributed by atoms with Gasteiger partial charge in [0.25, 0.3) is 11.1 Å². The molecule has 1 aromatic carbocycles. The van der Waals surface area contributed by atoms with Gasteiger partial charge in [-0.2, -0.15) is 0 Å². The van der Waals surface area contributed by atoms with Crippen molar-refractivity contribution in [3.8, 4) is 0 Å². The topological polar surface area (TPSA) is 74.7 Å². The molecule has 0 saturated carbocycles. The van der Waals surface area contributed by atoms with Crippen LogP contribution in [0.25, 0.3) is 6.08 Å². The first-order valence-corrected chi connectivity index (χ1v) is 6.37. The maximum atomic E-state index is 12.0. The zero-order valence-electron chi connectivity index (χ0n) is 10.1. The molecule has 19 heavy (non-hydrogen) atoms. The zero-order chi connectivity index (χ0) is 14.0. The maximum Gasteiger partial charge on any atom is 0.326 e. The molecule has 98 valence electrons. The average molecular weight is 277 g/mol. The van der Waals surface area contributed by atoms with Gasteiger partial charge in [0.15, 0.2) is 0 Å². The van der Waals surface area contributed by atoms with Crippen molar-refractivity contribution in [3.63, 3.8) is 0 Å². The van der Waals surface area contributed by atoms with E-state index < -0.39 is 23.2 Å². The Balaban J connectivity index is 2.28. The number of rotatable bonds is 3. The van der Waals surface area contributed by atoms with Crippen LogP contribution in [0.2, 0.25) is 0 Å². The molecule has 5 nitrogen and oxygen atoms in total. The van der Waals surface area contributed by atoms with Gasteiger partial charge in [0.05, 0.1) is 4.91 Å². The van der Waals surface area contributed by atoms with E-state index in [9.17, 15) is 14.4 Å². The highest BCUT2D eigenvalue weighted by Gasteiger charge is 2.40. The lowest BCUT2D eigenvalue weighted by Crippen LogP contribution is -2.41. The van der Waals surface area contributed by atoms with E-state index in [4.69, 9.17) is 5.11 Å². The highest BCUT2D eigenvalue weighted by molar-refractivity contribution is 8.18. The van der Waals surface area contributed by atoms with Crippen LogP contribution < -0.4 is 0 Å². The number of aliphatic carboxylic acids is 1. The van der Waals surface area contributed by atoms with E-state index in [1.807, 2.05) is 18.2 Å². The summed E-state index contributed by atoms with van der Waals surface area (Å²) in [5.41, 5.74) is 0.788. The van der Waals surface area contributed by atoms with Gasteiger partial charge >= 0.3 is 5.97 Å². The summed E-state index contributed by atoms with van der Waals surface area (Å²) in [6.45, 7) is 1.31. The summed E-state index contributed by atoms with van der Waals surface area (Å²) in [5, 5.41) is 8.33. The minimum absolute atomic E-state index is 0.240. The number of carboxylic acids is 1. The smallest absolute Gasteiger partial charge is 0.326 e. The van der Waals surface area contributed by atoms with Crippen LogP contribution >= 0.6 is 11.8 Å². The molecule has 1 N–H and O–H groups in total. The number of carbonyl (C=O) groups is 3. The van der Waals surface area contributed by atoms with Crippen LogP contribution in [0, 0.1) is 0 Å². The summed E-state index contributed by atoms with van der Waals surface area (Å²) in [6.07, 6.45) is 1.58. The molecule has 6 heteroatoms. The van der Waals surface area contributed by atoms with Crippen LogP contribution in [-0.2, 0) is 9.59 Å².